The summed E-state index contributed by atoms with van der Waals surface area (Å²) in [6, 6.07) is 6.71. The van der Waals surface area contributed by atoms with Crippen LogP contribution in [0, 0.1) is 13.8 Å². The lowest BCUT2D eigenvalue weighted by molar-refractivity contribution is -0.139. The molecule has 3 rings (SSSR count). The minimum atomic E-state index is -0.775. The zero-order valence-corrected chi connectivity index (χ0v) is 21.3. The van der Waals surface area contributed by atoms with Crippen LogP contribution in [-0.2, 0) is 28.5 Å². The van der Waals surface area contributed by atoms with Gasteiger partial charge in [-0.05, 0) is 43.7 Å². The molecule has 0 saturated carbocycles. The van der Waals surface area contributed by atoms with Crippen LogP contribution in [0.1, 0.15) is 32.1 Å². The average Bonchev–Trinajstić information content (AvgIpc) is 3.14. The van der Waals surface area contributed by atoms with E-state index in [1.807, 2.05) is 0 Å². The molecular formula is C27H26N2O8. The maximum atomic E-state index is 12.8. The molecule has 0 saturated heterocycles. The van der Waals surface area contributed by atoms with Crippen LogP contribution < -0.4 is 4.90 Å². The molecule has 1 aromatic heterocycles. The van der Waals surface area contributed by atoms with E-state index in [1.54, 1.807) is 56.5 Å². The Balaban J connectivity index is 2.35. The van der Waals surface area contributed by atoms with Crippen molar-refractivity contribution in [3.05, 3.63) is 82.5 Å². The fourth-order valence-electron chi connectivity index (χ4n) is 4.02. The summed E-state index contributed by atoms with van der Waals surface area (Å²) in [7, 11) is 4.87. The van der Waals surface area contributed by atoms with Crippen molar-refractivity contribution in [1.82, 2.24) is 4.98 Å². The van der Waals surface area contributed by atoms with Gasteiger partial charge >= 0.3 is 23.9 Å². The van der Waals surface area contributed by atoms with E-state index in [0.717, 1.165) is 0 Å². The van der Waals surface area contributed by atoms with E-state index in [1.165, 1.54) is 39.4 Å². The number of aromatic nitrogens is 1. The van der Waals surface area contributed by atoms with Crippen molar-refractivity contribution in [2.75, 3.05) is 33.3 Å². The molecule has 0 atom stereocenters. The predicted molar refractivity (Wildman–Crippen MR) is 134 cm³/mol. The maximum absolute atomic E-state index is 12.8. The number of benzene rings is 1. The summed E-state index contributed by atoms with van der Waals surface area (Å²) in [5.41, 5.74) is 1.94. The molecular weight excluding hydrogens is 480 g/mol. The number of hydrogen-bond acceptors (Lipinski definition) is 10. The highest BCUT2D eigenvalue weighted by atomic mass is 16.5. The number of hydrogen-bond donors (Lipinski definition) is 0. The lowest BCUT2D eigenvalue weighted by atomic mass is 9.92. The average molecular weight is 507 g/mol. The fourth-order valence-corrected chi connectivity index (χ4v) is 4.02. The number of carbonyl (C=O) groups is 4. The van der Waals surface area contributed by atoms with Gasteiger partial charge in [0.2, 0.25) is 0 Å². The maximum Gasteiger partial charge on any atom is 0.355 e. The number of rotatable bonds is 6. The highest BCUT2D eigenvalue weighted by molar-refractivity contribution is 6.08. The van der Waals surface area contributed by atoms with Gasteiger partial charge in [-0.1, -0.05) is 18.2 Å². The SMILES string of the molecule is COC(=O)C1=C(C(=O)OC)N(c2cccc(-c3c(C(=O)OC)c(C)nc(C)c3C(=O)OC)c2)C=CC=C1. The molecule has 10 heteroatoms. The monoisotopic (exact) mass is 506 g/mol. The zero-order valence-electron chi connectivity index (χ0n) is 21.3. The van der Waals surface area contributed by atoms with E-state index in [2.05, 4.69) is 4.98 Å². The van der Waals surface area contributed by atoms with Gasteiger partial charge in [-0.2, -0.15) is 0 Å². The molecule has 1 aliphatic heterocycles. The van der Waals surface area contributed by atoms with Gasteiger partial charge in [0.15, 0.2) is 0 Å². The van der Waals surface area contributed by atoms with Crippen LogP contribution in [0.25, 0.3) is 11.1 Å². The van der Waals surface area contributed by atoms with E-state index in [0.29, 0.717) is 22.6 Å². The van der Waals surface area contributed by atoms with E-state index < -0.39 is 23.9 Å². The minimum absolute atomic E-state index is 0.0224. The highest BCUT2D eigenvalue weighted by Crippen LogP contribution is 2.36. The summed E-state index contributed by atoms with van der Waals surface area (Å²) in [5.74, 6) is -2.87. The van der Waals surface area contributed by atoms with Crippen LogP contribution in [0.4, 0.5) is 5.69 Å². The van der Waals surface area contributed by atoms with Crippen LogP contribution in [0.3, 0.4) is 0 Å². The predicted octanol–water partition coefficient (Wildman–Crippen LogP) is 3.43. The second kappa shape index (κ2) is 11.3. The summed E-state index contributed by atoms with van der Waals surface area (Å²) in [5, 5.41) is 0. The first-order chi connectivity index (χ1) is 17.7. The van der Waals surface area contributed by atoms with E-state index in [4.69, 9.17) is 18.9 Å². The second-order valence-electron chi connectivity index (χ2n) is 7.76. The molecule has 0 bridgehead atoms. The van der Waals surface area contributed by atoms with Gasteiger partial charge in [0.25, 0.3) is 0 Å². The summed E-state index contributed by atoms with van der Waals surface area (Å²) >= 11 is 0. The first-order valence-electron chi connectivity index (χ1n) is 11.0. The van der Waals surface area contributed by atoms with E-state index in [9.17, 15) is 19.2 Å². The molecule has 0 fully saturated rings. The molecule has 2 aromatic rings. The number of methoxy groups -OCH3 is 4. The third-order valence-electron chi connectivity index (χ3n) is 5.64. The van der Waals surface area contributed by atoms with Crippen molar-refractivity contribution in [2.45, 2.75) is 13.8 Å². The van der Waals surface area contributed by atoms with Crippen LogP contribution in [0.2, 0.25) is 0 Å². The Morgan fingerprint density at radius 3 is 1.86 bits per heavy atom. The van der Waals surface area contributed by atoms with Gasteiger partial charge in [-0.15, -0.1) is 0 Å². The number of carbonyl (C=O) groups excluding carboxylic acids is 4. The van der Waals surface area contributed by atoms with E-state index >= 15 is 0 Å². The molecule has 37 heavy (non-hydrogen) atoms. The molecule has 0 unspecified atom stereocenters. The Hall–Kier alpha value is -4.73. The van der Waals surface area contributed by atoms with E-state index in [-0.39, 0.29) is 28.0 Å². The van der Waals surface area contributed by atoms with Crippen LogP contribution >= 0.6 is 0 Å². The molecule has 0 amide bonds. The quantitative estimate of drug-likeness (QED) is 0.425. The molecule has 192 valence electrons. The summed E-state index contributed by atoms with van der Waals surface area (Å²) < 4.78 is 19.8. The minimum Gasteiger partial charge on any atom is -0.465 e. The first kappa shape index (κ1) is 26.9. The van der Waals surface area contributed by atoms with Crippen molar-refractivity contribution in [2.24, 2.45) is 0 Å². The van der Waals surface area contributed by atoms with Gasteiger partial charge in [0, 0.05) is 17.5 Å². The Morgan fingerprint density at radius 1 is 0.757 bits per heavy atom. The highest BCUT2D eigenvalue weighted by Gasteiger charge is 2.30. The fraction of sp³-hybridized carbons (Fsp3) is 0.222. The van der Waals surface area contributed by atoms with Gasteiger partial charge in [-0.3, -0.25) is 4.98 Å². The van der Waals surface area contributed by atoms with Crippen LogP contribution in [0.15, 0.2) is 60.0 Å². The third-order valence-corrected chi connectivity index (χ3v) is 5.64. The summed E-state index contributed by atoms with van der Waals surface area (Å²) in [6.07, 6.45) is 6.23. The molecule has 0 aliphatic carbocycles. The second-order valence-corrected chi connectivity index (χ2v) is 7.76. The smallest absolute Gasteiger partial charge is 0.355 e. The number of ether oxygens (including phenoxy) is 4. The van der Waals surface area contributed by atoms with Crippen molar-refractivity contribution < 1.29 is 38.1 Å². The number of pyridine rings is 1. The topological polar surface area (TPSA) is 121 Å². The van der Waals surface area contributed by atoms with Crippen molar-refractivity contribution in [3.8, 4) is 11.1 Å². The first-order valence-corrected chi connectivity index (χ1v) is 11.0. The molecule has 0 N–H and O–H groups in total. The molecule has 1 aliphatic rings. The number of nitrogens with zero attached hydrogens (tertiary/aromatic N) is 2. The number of anilines is 1. The number of aryl methyl sites for hydroxylation is 2. The largest absolute Gasteiger partial charge is 0.465 e. The lowest BCUT2D eigenvalue weighted by Gasteiger charge is -2.24. The normalized spacial score (nSPS) is 12.6. The van der Waals surface area contributed by atoms with Crippen molar-refractivity contribution in [3.63, 3.8) is 0 Å². The molecule has 0 spiro atoms. The number of esters is 4. The summed E-state index contributed by atoms with van der Waals surface area (Å²) in [6.45, 7) is 3.27. The molecule has 0 radical (unpaired) electrons. The van der Waals surface area contributed by atoms with Crippen molar-refractivity contribution >= 4 is 29.6 Å². The Kier molecular flexibility index (Phi) is 8.23. The van der Waals surface area contributed by atoms with Gasteiger partial charge < -0.3 is 23.8 Å². The molecule has 10 nitrogen and oxygen atoms in total. The molecule has 1 aromatic carbocycles. The molecule has 2 heterocycles. The lowest BCUT2D eigenvalue weighted by Crippen LogP contribution is -2.27. The Labute approximate surface area is 213 Å². The number of allylic oxidation sites excluding steroid dienone is 2. The van der Waals surface area contributed by atoms with Gasteiger partial charge in [0.05, 0.1) is 56.5 Å². The third kappa shape index (κ3) is 5.13. The van der Waals surface area contributed by atoms with Crippen molar-refractivity contribution in [1.29, 1.82) is 0 Å². The van der Waals surface area contributed by atoms with Gasteiger partial charge in [0.1, 0.15) is 5.70 Å². The van der Waals surface area contributed by atoms with Crippen LogP contribution in [0.5, 0.6) is 0 Å². The zero-order chi connectivity index (χ0) is 27.3. The standard InChI is InChI=1S/C27H26N2O8/c1-15-20(25(31)35-4)22(21(16(2)28-15)26(32)36-5)17-10-9-11-18(14-17)29-13-8-7-12-19(24(30)34-3)23(29)27(33)37-6/h7-14H,1-6H3. The van der Waals surface area contributed by atoms with Gasteiger partial charge in [-0.25, -0.2) is 19.2 Å². The summed E-state index contributed by atoms with van der Waals surface area (Å²) in [4.78, 5) is 56.7. The van der Waals surface area contributed by atoms with Crippen LogP contribution in [-0.4, -0.2) is 57.3 Å². The Morgan fingerprint density at radius 2 is 1.32 bits per heavy atom. The Bertz CT molecular complexity index is 1330.